The van der Waals surface area contributed by atoms with Gasteiger partial charge in [-0.05, 0) is 243 Å². The number of hydrogen-bond donors (Lipinski definition) is 2. The predicted molar refractivity (Wildman–Crippen MR) is 498 cm³/mol. The van der Waals surface area contributed by atoms with E-state index in [-0.39, 0.29) is 48.1 Å². The van der Waals surface area contributed by atoms with Crippen LogP contribution in [0.2, 0.25) is 0 Å². The third-order valence-electron chi connectivity index (χ3n) is 24.7. The average molecular weight is 1780 g/mol. The summed E-state index contributed by atoms with van der Waals surface area (Å²) >= 11 is 0. The maximum Gasteiger partial charge on any atom is 0.410 e. The molecule has 2 N–H and O–H groups in total. The molecule has 8 aliphatic rings. The Labute approximate surface area is 758 Å². The van der Waals surface area contributed by atoms with Crippen LogP contribution in [0.4, 0.5) is 35.3 Å². The van der Waals surface area contributed by atoms with Crippen molar-refractivity contribution in [2.75, 3.05) is 175 Å². The van der Waals surface area contributed by atoms with Gasteiger partial charge >= 0.3 is 30.4 Å². The molecule has 8 fully saturated rings. The van der Waals surface area contributed by atoms with Crippen LogP contribution in [-0.2, 0) is 28.5 Å². The Bertz CT molecular complexity index is 5220. The van der Waals surface area contributed by atoms with E-state index in [2.05, 4.69) is 106 Å². The van der Waals surface area contributed by atoms with E-state index < -0.39 is 22.4 Å². The lowest BCUT2D eigenvalue weighted by molar-refractivity contribution is -0.128. The minimum Gasteiger partial charge on any atom is -0.493 e. The number of rotatable bonds is 17. The molecule has 0 atom stereocenters. The molecule has 31 heteroatoms. The van der Waals surface area contributed by atoms with Crippen molar-refractivity contribution in [3.8, 4) is 23.0 Å². The van der Waals surface area contributed by atoms with Crippen molar-refractivity contribution in [3.05, 3.63) is 126 Å². The normalized spacial score (nSPS) is 18.1. The standard InChI is InChI=1S/C28H42N4O4.C25H34N4O5.C23H30N4O3.C22H28N4O3/c1-28(2,3)36-27(33)32-12-8-21(9-13-32)22-7-10-29-24-20-26(25(34-5)19-23(22)24)35-18-6-11-31-16-14-30(4)15-17-31;1-25(2,3)34-24(31)29-10-7-17(8-11-29)23-18-14-20(32-4)21(15-19(18)26-16-27-23)33-13-12-28-9-5-6-22(28)30;1-23(2,3)30-22(29)26-11-7-16(8-12-26)18-6-9-24-20-14-17(4-5-19(18)20)27-13-10-25-21(28)15-27;1-22(2,3)29-21(28)25-11-7-15(8-12-25)17-6-9-23-19-14-16(4-5-18(17)19)26-13-10-24-20(26)27/h7,10,19-21H,6,8-9,11-18H2,1-5H3;14-17H,5-13H2,1-4H3;4-6,9,14,16H,7-8,10-13,15H2,1-3H3,(H,25,28);4-6,9,14-15H,7-8,10-13H2,1-3H3,(H,24,27). The van der Waals surface area contributed by atoms with Crippen LogP contribution in [0.3, 0.4) is 0 Å². The third kappa shape index (κ3) is 25.8. The van der Waals surface area contributed by atoms with E-state index in [0.717, 1.165) is 182 Å². The van der Waals surface area contributed by atoms with Crippen LogP contribution >= 0.6 is 0 Å². The van der Waals surface area contributed by atoms with Crippen LogP contribution in [0.15, 0.2) is 104 Å². The molecule has 4 aromatic heterocycles. The molecular weight excluding hydrogens is 1640 g/mol. The van der Waals surface area contributed by atoms with Crippen molar-refractivity contribution in [1.82, 2.24) is 69.9 Å². The summed E-state index contributed by atoms with van der Waals surface area (Å²) in [6, 6.07) is 26.4. The van der Waals surface area contributed by atoms with Crippen molar-refractivity contribution in [1.29, 1.82) is 0 Å². The van der Waals surface area contributed by atoms with Crippen LogP contribution in [0, 0.1) is 0 Å². The van der Waals surface area contributed by atoms with E-state index in [1.807, 2.05) is 147 Å². The van der Waals surface area contributed by atoms with Gasteiger partial charge in [0.1, 0.15) is 35.3 Å². The number of methoxy groups -OCH3 is 2. The fraction of sp³-hybridized carbons (Fsp3) is 0.571. The molecule has 0 unspecified atom stereocenters. The number of fused-ring (bicyclic) bond motifs is 4. The third-order valence-corrected chi connectivity index (χ3v) is 24.7. The predicted octanol–water partition coefficient (Wildman–Crippen LogP) is 15.3. The highest BCUT2D eigenvalue weighted by Gasteiger charge is 2.36. The van der Waals surface area contributed by atoms with Gasteiger partial charge in [0, 0.05) is 194 Å². The first-order chi connectivity index (χ1) is 61.6. The number of aromatic nitrogens is 5. The van der Waals surface area contributed by atoms with Gasteiger partial charge in [-0.3, -0.25) is 29.4 Å². The van der Waals surface area contributed by atoms with Crippen molar-refractivity contribution < 1.29 is 71.5 Å². The largest absolute Gasteiger partial charge is 0.493 e. The number of anilines is 2. The summed E-state index contributed by atoms with van der Waals surface area (Å²) in [6.45, 7) is 39.3. The molecule has 8 amide bonds. The highest BCUT2D eigenvalue weighted by atomic mass is 16.6. The highest BCUT2D eigenvalue weighted by Crippen LogP contribution is 2.42. The molecular formula is C98H134N16O15. The molecule has 12 heterocycles. The molecule has 0 saturated carbocycles. The second-order valence-electron chi connectivity index (χ2n) is 38.7. The summed E-state index contributed by atoms with van der Waals surface area (Å²) in [5, 5.41) is 9.98. The van der Waals surface area contributed by atoms with E-state index in [1.165, 1.54) is 16.7 Å². The van der Waals surface area contributed by atoms with Crippen molar-refractivity contribution in [3.63, 3.8) is 0 Å². The number of carbonyl (C=O) groups is 7. The van der Waals surface area contributed by atoms with Crippen LogP contribution in [-0.4, -0.2) is 289 Å². The number of amides is 8. The molecule has 696 valence electrons. The number of benzene rings is 4. The van der Waals surface area contributed by atoms with Crippen molar-refractivity contribution >= 4 is 97.2 Å². The minimum atomic E-state index is -0.503. The molecule has 8 saturated heterocycles. The van der Waals surface area contributed by atoms with Crippen LogP contribution in [0.25, 0.3) is 43.6 Å². The number of nitrogens with one attached hydrogen (secondary N) is 2. The number of likely N-dealkylation sites (N-methyl/N-ethyl adjacent to an activating group) is 1. The average Bonchev–Trinajstić information content (AvgIpc) is 1.46. The van der Waals surface area contributed by atoms with Crippen molar-refractivity contribution in [2.45, 2.75) is 200 Å². The lowest BCUT2D eigenvalue weighted by Crippen LogP contribution is -2.47. The number of carbonyl (C=O) groups excluding carboxylic acids is 7. The maximum atomic E-state index is 12.5. The van der Waals surface area contributed by atoms with Gasteiger partial charge in [0.2, 0.25) is 11.8 Å². The quantitative estimate of drug-likeness (QED) is 0.0632. The fourth-order valence-electron chi connectivity index (χ4n) is 18.0. The smallest absolute Gasteiger partial charge is 0.410 e. The second kappa shape index (κ2) is 42.5. The van der Waals surface area contributed by atoms with E-state index in [9.17, 15) is 33.6 Å². The zero-order valence-electron chi connectivity index (χ0n) is 78.3. The number of piperidine rings is 4. The molecule has 0 radical (unpaired) electrons. The number of ether oxygens (including phenoxy) is 8. The Kier molecular flexibility index (Phi) is 31.4. The van der Waals surface area contributed by atoms with Gasteiger partial charge < -0.3 is 87.7 Å². The molecule has 129 heavy (non-hydrogen) atoms. The number of pyridine rings is 3. The Morgan fingerprint density at radius 1 is 0.419 bits per heavy atom. The fourth-order valence-corrected chi connectivity index (χ4v) is 18.0. The van der Waals surface area contributed by atoms with Gasteiger partial charge in [0.05, 0.1) is 61.7 Å². The Hall–Kier alpha value is -11.3. The summed E-state index contributed by atoms with van der Waals surface area (Å²) in [4.78, 5) is 126. The van der Waals surface area contributed by atoms with Crippen molar-refractivity contribution in [2.24, 2.45) is 0 Å². The molecule has 0 aliphatic carbocycles. The molecule has 0 spiro atoms. The number of piperazine rings is 2. The number of likely N-dealkylation sites (tertiary alicyclic amines) is 5. The number of urea groups is 1. The summed E-state index contributed by atoms with van der Waals surface area (Å²) in [6.07, 6.45) is 15.7. The van der Waals surface area contributed by atoms with Gasteiger partial charge in [-0.15, -0.1) is 0 Å². The van der Waals surface area contributed by atoms with Crippen LogP contribution in [0.1, 0.15) is 200 Å². The first-order valence-corrected chi connectivity index (χ1v) is 46.1. The van der Waals surface area contributed by atoms with Gasteiger partial charge in [0.25, 0.3) is 0 Å². The maximum absolute atomic E-state index is 12.5. The minimum absolute atomic E-state index is 0.0554. The number of hydrogen-bond acceptors (Lipinski definition) is 23. The molecule has 0 bridgehead atoms. The zero-order chi connectivity index (χ0) is 91.9. The van der Waals surface area contributed by atoms with E-state index in [4.69, 9.17) is 37.9 Å². The zero-order valence-corrected chi connectivity index (χ0v) is 78.3. The molecule has 8 aliphatic heterocycles. The van der Waals surface area contributed by atoms with Gasteiger partial charge in [-0.1, -0.05) is 12.1 Å². The molecule has 8 aromatic rings. The molecule has 31 nitrogen and oxygen atoms in total. The Morgan fingerprint density at radius 3 is 1.29 bits per heavy atom. The van der Waals surface area contributed by atoms with Crippen LogP contribution < -0.4 is 39.4 Å². The molecule has 16 rings (SSSR count). The monoisotopic (exact) mass is 1780 g/mol. The second-order valence-corrected chi connectivity index (χ2v) is 38.7. The summed E-state index contributed by atoms with van der Waals surface area (Å²) in [5.41, 5.74) is 8.28. The van der Waals surface area contributed by atoms with Gasteiger partial charge in [-0.25, -0.2) is 33.9 Å². The lowest BCUT2D eigenvalue weighted by Gasteiger charge is -2.34. The number of nitrogens with zero attached hydrogens (tertiary/aromatic N) is 14. The topological polar surface area (TPSA) is 311 Å². The summed E-state index contributed by atoms with van der Waals surface area (Å²) < 4.78 is 45.5. The first-order valence-electron chi connectivity index (χ1n) is 46.1. The van der Waals surface area contributed by atoms with Crippen LogP contribution in [0.5, 0.6) is 23.0 Å². The summed E-state index contributed by atoms with van der Waals surface area (Å²) in [5.74, 6) is 4.27. The molecule has 4 aromatic carbocycles. The Balaban J connectivity index is 0.000000147. The Morgan fingerprint density at radius 2 is 0.845 bits per heavy atom. The SMILES string of the molecule is CC(C)(C)OC(=O)N1CCC(c2ccnc3cc(N4CCNC(=O)C4)ccc23)CC1.CC(C)(C)OC(=O)N1CCC(c2ccnc3cc(N4CCNC4=O)ccc23)CC1.COc1cc2c(C3CCN(C(=O)OC(C)(C)C)CC3)ccnc2cc1OCCCN1CCN(C)CC1.COc1cc2c(C3CCN(C(=O)OC(C)(C)C)CC3)ncnc2cc1OCCN1CCCC1=O. The van der Waals surface area contributed by atoms with Gasteiger partial charge in [-0.2, -0.15) is 0 Å². The summed E-state index contributed by atoms with van der Waals surface area (Å²) in [7, 11) is 5.48. The first kappa shape index (κ1) is 95.2. The van der Waals surface area contributed by atoms with E-state index in [0.29, 0.717) is 134 Å². The van der Waals surface area contributed by atoms with E-state index >= 15 is 0 Å². The van der Waals surface area contributed by atoms with E-state index in [1.54, 1.807) is 35.2 Å². The van der Waals surface area contributed by atoms with Gasteiger partial charge in [0.15, 0.2) is 23.0 Å². The highest BCUT2D eigenvalue weighted by molar-refractivity contribution is 5.97. The lowest BCUT2D eigenvalue weighted by atomic mass is 9.87.